The number of carbonyl (C=O) groups is 3. The molecule has 2 aliphatic rings. The van der Waals surface area contributed by atoms with Gasteiger partial charge in [-0.3, -0.25) is 14.4 Å². The van der Waals surface area contributed by atoms with Gasteiger partial charge in [0.15, 0.2) is 0 Å². The van der Waals surface area contributed by atoms with E-state index >= 15 is 0 Å². The first-order valence-electron chi connectivity index (χ1n) is 11.7. The average molecular weight is 442 g/mol. The molecule has 1 aromatic rings. The zero-order chi connectivity index (χ0) is 23.1. The maximum absolute atomic E-state index is 13.3. The zero-order valence-corrected chi connectivity index (χ0v) is 19.5. The molecule has 1 saturated carbocycles. The Hall–Kier alpha value is -2.83. The van der Waals surface area contributed by atoms with Crippen molar-refractivity contribution in [3.8, 4) is 5.75 Å². The van der Waals surface area contributed by atoms with Crippen molar-refractivity contribution < 1.29 is 19.1 Å². The second-order valence-corrected chi connectivity index (χ2v) is 8.60. The maximum Gasteiger partial charge on any atom is 0.295 e. The first kappa shape index (κ1) is 23.8. The summed E-state index contributed by atoms with van der Waals surface area (Å²) in [5.74, 6) is -0.163. The first-order valence-corrected chi connectivity index (χ1v) is 11.7. The van der Waals surface area contributed by atoms with Crippen LogP contribution in [0.5, 0.6) is 5.75 Å². The zero-order valence-electron chi connectivity index (χ0n) is 19.5. The van der Waals surface area contributed by atoms with Crippen molar-refractivity contribution in [2.45, 2.75) is 52.4 Å². The Labute approximate surface area is 190 Å². The summed E-state index contributed by atoms with van der Waals surface area (Å²) in [7, 11) is 1.61. The lowest BCUT2D eigenvalue weighted by Crippen LogP contribution is -2.47. The minimum Gasteiger partial charge on any atom is -0.497 e. The number of ether oxygens (including phenoxy) is 1. The summed E-state index contributed by atoms with van der Waals surface area (Å²) in [6.45, 7) is 5.44. The summed E-state index contributed by atoms with van der Waals surface area (Å²) in [6, 6.07) is 5.61. The molecule has 7 heteroatoms. The van der Waals surface area contributed by atoms with Gasteiger partial charge in [-0.1, -0.05) is 25.3 Å². The number of Topliss-reactive ketones (excluding diaryl/α,β-unsaturated/α-hetero) is 1. The number of amides is 2. The van der Waals surface area contributed by atoms with E-state index in [1.54, 1.807) is 18.2 Å². The van der Waals surface area contributed by atoms with Crippen LogP contribution in [0, 0.1) is 5.92 Å². The maximum atomic E-state index is 13.3. The highest BCUT2D eigenvalue weighted by molar-refractivity contribution is 6.43. The van der Waals surface area contributed by atoms with Gasteiger partial charge in [-0.15, -0.1) is 0 Å². The molecule has 2 amide bonds. The normalized spacial score (nSPS) is 15.8. The topological polar surface area (TPSA) is 79.0 Å². The number of fused-ring (bicyclic) bond motifs is 1. The van der Waals surface area contributed by atoms with E-state index in [0.717, 1.165) is 42.7 Å². The van der Waals surface area contributed by atoms with Gasteiger partial charge in [0.05, 0.1) is 7.11 Å². The number of methoxy groups -OCH3 is 1. The minimum absolute atomic E-state index is 0.0444. The highest BCUT2D eigenvalue weighted by atomic mass is 16.5. The third-order valence-electron chi connectivity index (χ3n) is 6.52. The molecule has 1 fully saturated rings. The molecule has 1 N–H and O–H groups in total. The highest BCUT2D eigenvalue weighted by Gasteiger charge is 2.31. The second kappa shape index (κ2) is 11.2. The van der Waals surface area contributed by atoms with Crippen LogP contribution >= 0.6 is 0 Å². The van der Waals surface area contributed by atoms with Crippen LogP contribution in [0.3, 0.4) is 0 Å². The van der Waals surface area contributed by atoms with E-state index in [4.69, 9.17) is 4.74 Å². The van der Waals surface area contributed by atoms with E-state index < -0.39 is 11.7 Å². The average Bonchev–Trinajstić information content (AvgIpc) is 2.83. The van der Waals surface area contributed by atoms with Gasteiger partial charge in [0.1, 0.15) is 12.3 Å². The molecule has 7 nitrogen and oxygen atoms in total. The van der Waals surface area contributed by atoms with Gasteiger partial charge in [-0.2, -0.15) is 0 Å². The van der Waals surface area contributed by atoms with Crippen molar-refractivity contribution in [3.05, 3.63) is 35.5 Å². The fourth-order valence-electron chi connectivity index (χ4n) is 4.56. The molecule has 174 valence electrons. The number of benzene rings is 1. The molecule has 1 aromatic carbocycles. The number of nitrogens with zero attached hydrogens (tertiary/aromatic N) is 2. The van der Waals surface area contributed by atoms with Crippen LogP contribution in [0.1, 0.15) is 51.5 Å². The Morgan fingerprint density at radius 2 is 1.78 bits per heavy atom. The predicted octanol–water partition coefficient (Wildman–Crippen LogP) is 3.39. The molecule has 0 bridgehead atoms. The Kier molecular flexibility index (Phi) is 8.31. The summed E-state index contributed by atoms with van der Waals surface area (Å²) in [6.07, 6.45) is 7.55. The molecule has 0 atom stereocenters. The van der Waals surface area contributed by atoms with Crippen LogP contribution in [0.2, 0.25) is 0 Å². The lowest BCUT2D eigenvalue weighted by atomic mass is 9.88. The molecule has 32 heavy (non-hydrogen) atoms. The lowest BCUT2D eigenvalue weighted by Gasteiger charge is -2.31. The summed E-state index contributed by atoms with van der Waals surface area (Å²) >= 11 is 0. The molecule has 0 unspecified atom stereocenters. The van der Waals surface area contributed by atoms with Gasteiger partial charge in [-0.25, -0.2) is 0 Å². The SMILES string of the molecule is CCN(CC)C(=O)CN(CC1CCCCC1)C(=O)C(=O)C1=CNc2cc(OC)ccc2C1. The Morgan fingerprint density at radius 1 is 1.06 bits per heavy atom. The number of anilines is 1. The van der Waals surface area contributed by atoms with Crippen molar-refractivity contribution >= 4 is 23.3 Å². The van der Waals surface area contributed by atoms with E-state index in [1.165, 1.54) is 11.3 Å². The molecule has 0 radical (unpaired) electrons. The number of carbonyl (C=O) groups excluding carboxylic acids is 3. The molecule has 1 aliphatic carbocycles. The number of hydrogen-bond donors (Lipinski definition) is 1. The molecule has 0 aromatic heterocycles. The summed E-state index contributed by atoms with van der Waals surface area (Å²) in [5.41, 5.74) is 2.21. The van der Waals surface area contributed by atoms with Crippen LogP contribution in [-0.2, 0) is 20.8 Å². The Bertz CT molecular complexity index is 870. The van der Waals surface area contributed by atoms with Crippen molar-refractivity contribution in [1.82, 2.24) is 9.80 Å². The van der Waals surface area contributed by atoms with Gasteiger partial charge in [-0.05, 0) is 44.2 Å². The first-order chi connectivity index (χ1) is 15.5. The van der Waals surface area contributed by atoms with E-state index in [-0.39, 0.29) is 12.5 Å². The van der Waals surface area contributed by atoms with Crippen molar-refractivity contribution in [1.29, 1.82) is 0 Å². The largest absolute Gasteiger partial charge is 0.497 e. The van der Waals surface area contributed by atoms with E-state index in [2.05, 4.69) is 5.32 Å². The standard InChI is InChI=1S/C25H35N3O4/c1-4-27(5-2)23(29)17-28(16-18-9-7-6-8-10-18)25(31)24(30)20-13-19-11-12-21(32-3)14-22(19)26-15-20/h11-12,14-15,18,26H,4-10,13,16-17H2,1-3H3. The molecule has 0 spiro atoms. The van der Waals surface area contributed by atoms with Gasteiger partial charge < -0.3 is 19.9 Å². The monoisotopic (exact) mass is 441 g/mol. The fourth-order valence-corrected chi connectivity index (χ4v) is 4.56. The van der Waals surface area contributed by atoms with Gasteiger partial charge in [0.2, 0.25) is 11.7 Å². The van der Waals surface area contributed by atoms with Crippen LogP contribution < -0.4 is 10.1 Å². The highest BCUT2D eigenvalue weighted by Crippen LogP contribution is 2.29. The summed E-state index contributed by atoms with van der Waals surface area (Å²) < 4.78 is 5.25. The number of likely N-dealkylation sites (N-methyl/N-ethyl adjacent to an activating group) is 1. The Morgan fingerprint density at radius 3 is 2.44 bits per heavy atom. The van der Waals surface area contributed by atoms with E-state index in [1.807, 2.05) is 32.0 Å². The molecule has 0 saturated heterocycles. The van der Waals surface area contributed by atoms with Crippen LogP contribution in [0.4, 0.5) is 5.69 Å². The summed E-state index contributed by atoms with van der Waals surface area (Å²) in [5, 5.41) is 3.11. The number of rotatable bonds is 9. The van der Waals surface area contributed by atoms with Crippen molar-refractivity contribution in [2.75, 3.05) is 38.6 Å². The minimum atomic E-state index is -0.582. The van der Waals surface area contributed by atoms with Crippen molar-refractivity contribution in [3.63, 3.8) is 0 Å². The third-order valence-corrected chi connectivity index (χ3v) is 6.52. The van der Waals surface area contributed by atoms with E-state index in [0.29, 0.717) is 37.5 Å². The smallest absolute Gasteiger partial charge is 0.295 e. The Balaban J connectivity index is 1.74. The molecular formula is C25H35N3O4. The van der Waals surface area contributed by atoms with Crippen molar-refractivity contribution in [2.24, 2.45) is 5.92 Å². The lowest BCUT2D eigenvalue weighted by molar-refractivity contribution is -0.146. The number of nitrogens with one attached hydrogen (secondary N) is 1. The van der Waals surface area contributed by atoms with E-state index in [9.17, 15) is 14.4 Å². The fraction of sp³-hybridized carbons (Fsp3) is 0.560. The van der Waals surface area contributed by atoms with Gasteiger partial charge in [0.25, 0.3) is 5.91 Å². The quantitative estimate of drug-likeness (QED) is 0.594. The van der Waals surface area contributed by atoms with Crippen LogP contribution in [0.15, 0.2) is 30.0 Å². The predicted molar refractivity (Wildman–Crippen MR) is 124 cm³/mol. The molecule has 1 heterocycles. The van der Waals surface area contributed by atoms with Gasteiger partial charge in [0, 0.05) is 49.6 Å². The third kappa shape index (κ3) is 5.69. The number of hydrogen-bond acceptors (Lipinski definition) is 5. The second-order valence-electron chi connectivity index (χ2n) is 8.60. The summed E-state index contributed by atoms with van der Waals surface area (Å²) in [4.78, 5) is 42.4. The molecule has 3 rings (SSSR count). The molecule has 1 aliphatic heterocycles. The van der Waals surface area contributed by atoms with Gasteiger partial charge >= 0.3 is 0 Å². The van der Waals surface area contributed by atoms with Crippen LogP contribution in [0.25, 0.3) is 0 Å². The number of ketones is 1. The molecular weight excluding hydrogens is 406 g/mol. The van der Waals surface area contributed by atoms with Crippen LogP contribution in [-0.4, -0.2) is 60.7 Å².